The smallest absolute Gasteiger partial charge is 0.170 e. The minimum Gasteiger partial charge on any atom is -0.285 e. The number of hydrogen-bond donors (Lipinski definition) is 3. The summed E-state index contributed by atoms with van der Waals surface area (Å²) in [6.07, 6.45) is 0. The number of thiazole rings is 1. The first-order valence-corrected chi connectivity index (χ1v) is 6.72. The molecule has 0 fully saturated rings. The number of benzene rings is 1. The van der Waals surface area contributed by atoms with Crippen molar-refractivity contribution in [1.82, 2.24) is 21.5 Å². The Bertz CT molecular complexity index is 629. The van der Waals surface area contributed by atoms with Crippen LogP contribution in [0, 0.1) is 6.92 Å². The van der Waals surface area contributed by atoms with Crippen molar-refractivity contribution < 1.29 is 0 Å². The second-order valence-electron chi connectivity index (χ2n) is 4.67. The fourth-order valence-corrected chi connectivity index (χ4v) is 3.02. The number of hydrogen-bond acceptors (Lipinski definition) is 6. The molecule has 0 aliphatic carbocycles. The number of hydrazine groups is 2. The molecule has 94 valence electrons. The first-order valence-electron chi connectivity index (χ1n) is 5.90. The molecular formula is C12H15N5S. The van der Waals surface area contributed by atoms with Crippen LogP contribution in [0.3, 0.4) is 0 Å². The standard InChI is InChI=1S/C12H15N5S/c1-6(2)12-13-10-7(3)4-8(5-9(10)18-12)11-14-16-17-15-11/h4-6,16-17H,1-3H3,(H,14,15). The Morgan fingerprint density at radius 3 is 2.78 bits per heavy atom. The molecule has 0 atom stereocenters. The van der Waals surface area contributed by atoms with Crippen molar-refractivity contribution in [2.75, 3.05) is 0 Å². The summed E-state index contributed by atoms with van der Waals surface area (Å²) >= 11 is 1.76. The molecule has 3 N–H and O–H groups in total. The number of aryl methyl sites for hydroxylation is 1. The third-order valence-corrected chi connectivity index (χ3v) is 4.18. The first-order chi connectivity index (χ1) is 8.65. The molecule has 18 heavy (non-hydrogen) atoms. The van der Waals surface area contributed by atoms with Crippen LogP contribution >= 0.6 is 11.3 Å². The molecule has 6 heteroatoms. The lowest BCUT2D eigenvalue weighted by Gasteiger charge is -2.02. The van der Waals surface area contributed by atoms with Gasteiger partial charge in [-0.05, 0) is 24.6 Å². The number of rotatable bonds is 2. The van der Waals surface area contributed by atoms with Gasteiger partial charge >= 0.3 is 0 Å². The number of hydrazone groups is 1. The van der Waals surface area contributed by atoms with Crippen LogP contribution in [0.15, 0.2) is 17.2 Å². The van der Waals surface area contributed by atoms with Crippen molar-refractivity contribution in [2.24, 2.45) is 5.10 Å². The first kappa shape index (κ1) is 11.4. The van der Waals surface area contributed by atoms with Gasteiger partial charge in [-0.1, -0.05) is 13.8 Å². The predicted octanol–water partition coefficient (Wildman–Crippen LogP) is 2.00. The molecule has 5 nitrogen and oxygen atoms in total. The van der Waals surface area contributed by atoms with E-state index in [1.165, 1.54) is 15.3 Å². The fourth-order valence-electron chi connectivity index (χ4n) is 1.93. The Morgan fingerprint density at radius 2 is 2.11 bits per heavy atom. The van der Waals surface area contributed by atoms with Crippen molar-refractivity contribution in [2.45, 2.75) is 26.7 Å². The average Bonchev–Trinajstić information content (AvgIpc) is 2.97. The lowest BCUT2D eigenvalue weighted by molar-refractivity contribution is 0.577. The highest BCUT2D eigenvalue weighted by atomic mass is 32.1. The van der Waals surface area contributed by atoms with Crippen LogP contribution in [0.4, 0.5) is 0 Å². The van der Waals surface area contributed by atoms with E-state index in [4.69, 9.17) is 4.98 Å². The van der Waals surface area contributed by atoms with E-state index in [2.05, 4.69) is 54.5 Å². The Balaban J connectivity index is 2.14. The van der Waals surface area contributed by atoms with Crippen molar-refractivity contribution in [3.05, 3.63) is 28.3 Å². The molecule has 2 aromatic rings. The van der Waals surface area contributed by atoms with E-state index in [1.54, 1.807) is 11.3 Å². The van der Waals surface area contributed by atoms with Crippen LogP contribution in [-0.4, -0.2) is 10.8 Å². The summed E-state index contributed by atoms with van der Waals surface area (Å²) in [5.41, 5.74) is 11.7. The molecule has 2 heterocycles. The highest BCUT2D eigenvalue weighted by Gasteiger charge is 2.14. The molecule has 1 aromatic heterocycles. The Hall–Kier alpha value is -1.66. The summed E-state index contributed by atoms with van der Waals surface area (Å²) < 4.78 is 1.21. The van der Waals surface area contributed by atoms with E-state index in [0.29, 0.717) is 5.92 Å². The maximum Gasteiger partial charge on any atom is 0.170 e. The molecule has 0 bridgehead atoms. The molecule has 3 rings (SSSR count). The molecule has 0 radical (unpaired) electrons. The van der Waals surface area contributed by atoms with Crippen molar-refractivity contribution >= 4 is 27.4 Å². The van der Waals surface area contributed by atoms with Gasteiger partial charge in [0.15, 0.2) is 5.84 Å². The average molecular weight is 261 g/mol. The van der Waals surface area contributed by atoms with E-state index in [9.17, 15) is 0 Å². The fraction of sp³-hybridized carbons (Fsp3) is 0.333. The zero-order valence-electron chi connectivity index (χ0n) is 10.5. The lowest BCUT2D eigenvalue weighted by Crippen LogP contribution is -2.35. The third kappa shape index (κ3) is 1.83. The second kappa shape index (κ2) is 4.22. The maximum atomic E-state index is 4.71. The largest absolute Gasteiger partial charge is 0.285 e. The van der Waals surface area contributed by atoms with Gasteiger partial charge in [0.2, 0.25) is 0 Å². The minimum absolute atomic E-state index is 0.468. The zero-order chi connectivity index (χ0) is 12.7. The van der Waals surface area contributed by atoms with Crippen molar-refractivity contribution in [1.29, 1.82) is 0 Å². The molecule has 1 aliphatic heterocycles. The maximum absolute atomic E-state index is 4.71. The summed E-state index contributed by atoms with van der Waals surface area (Å²) in [4.78, 5) is 4.71. The van der Waals surface area contributed by atoms with Crippen LogP contribution in [0.5, 0.6) is 0 Å². The second-order valence-corrected chi connectivity index (χ2v) is 5.73. The van der Waals surface area contributed by atoms with Crippen LogP contribution in [-0.2, 0) is 0 Å². The molecule has 0 saturated heterocycles. The normalized spacial score (nSPS) is 14.8. The molecule has 0 amide bonds. The van der Waals surface area contributed by atoms with Crippen molar-refractivity contribution in [3.63, 3.8) is 0 Å². The quantitative estimate of drug-likeness (QED) is 0.774. The van der Waals surface area contributed by atoms with Gasteiger partial charge in [0.05, 0.1) is 15.2 Å². The highest BCUT2D eigenvalue weighted by Crippen LogP contribution is 2.30. The number of fused-ring (bicyclic) bond motifs is 1. The van der Waals surface area contributed by atoms with Crippen LogP contribution in [0.25, 0.3) is 10.2 Å². The predicted molar refractivity (Wildman–Crippen MR) is 74.4 cm³/mol. The molecule has 1 aliphatic rings. The zero-order valence-corrected chi connectivity index (χ0v) is 11.4. The summed E-state index contributed by atoms with van der Waals surface area (Å²) in [5, 5.41) is 5.31. The van der Waals surface area contributed by atoms with E-state index >= 15 is 0 Å². The minimum atomic E-state index is 0.468. The number of aromatic nitrogens is 1. The highest BCUT2D eigenvalue weighted by molar-refractivity contribution is 7.18. The summed E-state index contributed by atoms with van der Waals surface area (Å²) in [5.74, 6) is 1.27. The molecule has 0 saturated carbocycles. The van der Waals surface area contributed by atoms with Gasteiger partial charge in [-0.3, -0.25) is 5.43 Å². The van der Waals surface area contributed by atoms with Crippen LogP contribution < -0.4 is 16.5 Å². The Kier molecular flexibility index (Phi) is 2.68. The van der Waals surface area contributed by atoms with Crippen molar-refractivity contribution in [3.8, 4) is 0 Å². The van der Waals surface area contributed by atoms with Gasteiger partial charge < -0.3 is 0 Å². The van der Waals surface area contributed by atoms with E-state index in [1.807, 2.05) is 0 Å². The topological polar surface area (TPSA) is 61.3 Å². The van der Waals surface area contributed by atoms with Crippen LogP contribution in [0.2, 0.25) is 0 Å². The number of nitrogens with one attached hydrogen (secondary N) is 3. The van der Waals surface area contributed by atoms with E-state index in [-0.39, 0.29) is 0 Å². The van der Waals surface area contributed by atoms with Gasteiger partial charge in [-0.15, -0.1) is 22.0 Å². The van der Waals surface area contributed by atoms with Gasteiger partial charge in [-0.25, -0.2) is 10.5 Å². The lowest BCUT2D eigenvalue weighted by atomic mass is 10.1. The molecule has 0 unspecified atom stereocenters. The monoisotopic (exact) mass is 261 g/mol. The molecular weight excluding hydrogens is 246 g/mol. The summed E-state index contributed by atoms with van der Waals surface area (Å²) in [7, 11) is 0. The summed E-state index contributed by atoms with van der Waals surface area (Å²) in [6, 6.07) is 4.24. The summed E-state index contributed by atoms with van der Waals surface area (Å²) in [6.45, 7) is 6.43. The van der Waals surface area contributed by atoms with Gasteiger partial charge in [0.25, 0.3) is 0 Å². The Morgan fingerprint density at radius 1 is 1.28 bits per heavy atom. The van der Waals surface area contributed by atoms with Gasteiger partial charge in [0.1, 0.15) is 0 Å². The van der Waals surface area contributed by atoms with Gasteiger partial charge in [-0.2, -0.15) is 0 Å². The van der Waals surface area contributed by atoms with Gasteiger partial charge in [0, 0.05) is 11.5 Å². The number of nitrogens with zero attached hydrogens (tertiary/aromatic N) is 2. The van der Waals surface area contributed by atoms with E-state index < -0.39 is 0 Å². The van der Waals surface area contributed by atoms with E-state index in [0.717, 1.165) is 16.9 Å². The molecule has 0 spiro atoms. The number of amidine groups is 1. The van der Waals surface area contributed by atoms with Crippen LogP contribution in [0.1, 0.15) is 35.9 Å². The SMILES string of the molecule is Cc1cc(C2=NNNN2)cc2sc(C(C)C)nc12. The Labute approximate surface area is 109 Å². The third-order valence-electron chi connectivity index (χ3n) is 2.87. The molecule has 1 aromatic carbocycles.